The molecule has 1 aromatic heterocycles. The summed E-state index contributed by atoms with van der Waals surface area (Å²) in [6.45, 7) is -1.49. The second kappa shape index (κ2) is 7.96. The molecule has 5 nitrogen and oxygen atoms in total. The standard InChI is InChI=1S/C12H18BrNO4S/c13-10-5-4-9(19-10)2-1-3-11(18)14-12(6-15,7-16)8-17/h4-5,15-17H,1-3,6-8H2,(H,14,18). The number of hydrogen-bond donors (Lipinski definition) is 4. The predicted molar refractivity (Wildman–Crippen MR) is 77.1 cm³/mol. The van der Waals surface area contributed by atoms with Crippen molar-refractivity contribution >= 4 is 33.2 Å². The van der Waals surface area contributed by atoms with Crippen molar-refractivity contribution in [1.29, 1.82) is 0 Å². The molecule has 1 amide bonds. The van der Waals surface area contributed by atoms with Gasteiger partial charge in [-0.2, -0.15) is 0 Å². The van der Waals surface area contributed by atoms with Crippen molar-refractivity contribution in [2.75, 3.05) is 19.8 Å². The van der Waals surface area contributed by atoms with Crippen LogP contribution in [0.15, 0.2) is 15.9 Å². The second-order valence-corrected chi connectivity index (χ2v) is 6.91. The number of halogens is 1. The average Bonchev–Trinajstić information content (AvgIpc) is 2.82. The van der Waals surface area contributed by atoms with E-state index in [2.05, 4.69) is 21.2 Å². The first-order valence-electron chi connectivity index (χ1n) is 5.93. The summed E-state index contributed by atoms with van der Waals surface area (Å²) < 4.78 is 1.06. The van der Waals surface area contributed by atoms with Crippen LogP contribution in [0.1, 0.15) is 17.7 Å². The summed E-state index contributed by atoms with van der Waals surface area (Å²) in [6.07, 6.45) is 1.77. The van der Waals surface area contributed by atoms with Crippen LogP contribution in [0.2, 0.25) is 0 Å². The molecule has 0 aromatic carbocycles. The summed E-state index contributed by atoms with van der Waals surface area (Å²) in [5.74, 6) is -0.284. The van der Waals surface area contributed by atoms with Crippen molar-refractivity contribution in [1.82, 2.24) is 5.32 Å². The first kappa shape index (κ1) is 16.6. The third-order valence-corrected chi connectivity index (χ3v) is 4.45. The highest BCUT2D eigenvalue weighted by molar-refractivity contribution is 9.11. The lowest BCUT2D eigenvalue weighted by molar-refractivity contribution is -0.125. The Kier molecular flexibility index (Phi) is 6.95. The van der Waals surface area contributed by atoms with Crippen molar-refractivity contribution in [2.24, 2.45) is 0 Å². The van der Waals surface area contributed by atoms with Gasteiger partial charge in [0, 0.05) is 11.3 Å². The molecule has 4 N–H and O–H groups in total. The van der Waals surface area contributed by atoms with Gasteiger partial charge in [-0.3, -0.25) is 4.79 Å². The highest BCUT2D eigenvalue weighted by Gasteiger charge is 2.29. The van der Waals surface area contributed by atoms with E-state index < -0.39 is 25.4 Å². The van der Waals surface area contributed by atoms with Crippen LogP contribution in [-0.4, -0.2) is 46.6 Å². The van der Waals surface area contributed by atoms with Gasteiger partial charge in [0.2, 0.25) is 5.91 Å². The number of hydrogen-bond acceptors (Lipinski definition) is 5. The minimum absolute atomic E-state index is 0.284. The van der Waals surface area contributed by atoms with E-state index in [1.54, 1.807) is 11.3 Å². The lowest BCUT2D eigenvalue weighted by atomic mass is 10.0. The van der Waals surface area contributed by atoms with Crippen LogP contribution in [0.25, 0.3) is 0 Å². The van der Waals surface area contributed by atoms with E-state index in [1.165, 1.54) is 4.88 Å². The van der Waals surface area contributed by atoms with Crippen LogP contribution in [0, 0.1) is 0 Å². The number of carbonyl (C=O) groups is 1. The zero-order valence-corrected chi connectivity index (χ0v) is 12.8. The molecule has 0 bridgehead atoms. The SMILES string of the molecule is O=C(CCCc1ccc(Br)s1)NC(CO)(CO)CO. The number of aryl methyl sites for hydroxylation is 1. The average molecular weight is 352 g/mol. The van der Waals surface area contributed by atoms with Crippen LogP contribution < -0.4 is 5.32 Å². The molecule has 108 valence electrons. The molecule has 0 saturated carbocycles. The summed E-state index contributed by atoms with van der Waals surface area (Å²) in [5, 5.41) is 29.8. The van der Waals surface area contributed by atoms with Gasteiger partial charge < -0.3 is 20.6 Å². The van der Waals surface area contributed by atoms with Gasteiger partial charge in [0.25, 0.3) is 0 Å². The maximum atomic E-state index is 11.7. The Morgan fingerprint density at radius 3 is 2.37 bits per heavy atom. The molecule has 0 aliphatic rings. The molecule has 7 heteroatoms. The van der Waals surface area contributed by atoms with Crippen LogP contribution in [0.4, 0.5) is 0 Å². The number of amides is 1. The van der Waals surface area contributed by atoms with Gasteiger partial charge in [0.05, 0.1) is 23.6 Å². The van der Waals surface area contributed by atoms with Gasteiger partial charge in [0.15, 0.2) is 0 Å². The normalized spacial score (nSPS) is 11.6. The molecule has 0 fully saturated rings. The van der Waals surface area contributed by atoms with E-state index in [0.717, 1.165) is 10.2 Å². The molecule has 0 unspecified atom stereocenters. The molecule has 1 rings (SSSR count). The van der Waals surface area contributed by atoms with Gasteiger partial charge >= 0.3 is 0 Å². The summed E-state index contributed by atoms with van der Waals surface area (Å²) in [4.78, 5) is 12.9. The Bertz CT molecular complexity index is 398. The summed E-state index contributed by atoms with van der Waals surface area (Å²) in [6, 6.07) is 3.97. The minimum Gasteiger partial charge on any atom is -0.394 e. The van der Waals surface area contributed by atoms with E-state index in [4.69, 9.17) is 15.3 Å². The molecule has 0 aliphatic heterocycles. The number of nitrogens with one attached hydrogen (secondary N) is 1. The molecule has 0 radical (unpaired) electrons. The highest BCUT2D eigenvalue weighted by Crippen LogP contribution is 2.23. The van der Waals surface area contributed by atoms with Crippen molar-refractivity contribution < 1.29 is 20.1 Å². The smallest absolute Gasteiger partial charge is 0.220 e. The fourth-order valence-electron chi connectivity index (χ4n) is 1.54. The van der Waals surface area contributed by atoms with Crippen LogP contribution in [0.5, 0.6) is 0 Å². The molecule has 1 heterocycles. The number of aliphatic hydroxyl groups excluding tert-OH is 3. The highest BCUT2D eigenvalue weighted by atomic mass is 79.9. The number of aliphatic hydroxyl groups is 3. The predicted octanol–water partition coefficient (Wildman–Crippen LogP) is 0.665. The molecule has 1 aromatic rings. The van der Waals surface area contributed by atoms with E-state index in [0.29, 0.717) is 6.42 Å². The summed E-state index contributed by atoms with van der Waals surface area (Å²) >= 11 is 5.01. The fraction of sp³-hybridized carbons (Fsp3) is 0.583. The molecule has 0 spiro atoms. The molecule has 19 heavy (non-hydrogen) atoms. The van der Waals surface area contributed by atoms with Gasteiger partial charge in [-0.05, 0) is 40.9 Å². The van der Waals surface area contributed by atoms with Crippen molar-refractivity contribution in [3.05, 3.63) is 20.8 Å². The minimum atomic E-state index is -1.33. The number of carbonyl (C=O) groups excluding carboxylic acids is 1. The Balaban J connectivity index is 2.35. The quantitative estimate of drug-likeness (QED) is 0.554. The number of rotatable bonds is 8. The number of thiophene rings is 1. The Labute approximate surface area is 124 Å². The molecular formula is C12H18BrNO4S. The third kappa shape index (κ3) is 5.19. The first-order valence-corrected chi connectivity index (χ1v) is 7.54. The monoisotopic (exact) mass is 351 g/mol. The fourth-order valence-corrected chi connectivity index (χ4v) is 3.06. The Morgan fingerprint density at radius 2 is 1.89 bits per heavy atom. The third-order valence-electron chi connectivity index (χ3n) is 2.77. The largest absolute Gasteiger partial charge is 0.394 e. The van der Waals surface area contributed by atoms with Crippen LogP contribution in [0.3, 0.4) is 0 Å². The van der Waals surface area contributed by atoms with E-state index in [9.17, 15) is 4.79 Å². The lowest BCUT2D eigenvalue weighted by Gasteiger charge is -2.28. The van der Waals surface area contributed by atoms with Gasteiger partial charge in [-0.25, -0.2) is 0 Å². The zero-order chi connectivity index (χ0) is 14.3. The van der Waals surface area contributed by atoms with Gasteiger partial charge in [0.1, 0.15) is 5.54 Å². The summed E-state index contributed by atoms with van der Waals surface area (Å²) in [7, 11) is 0. The van der Waals surface area contributed by atoms with Crippen molar-refractivity contribution in [2.45, 2.75) is 24.8 Å². The van der Waals surface area contributed by atoms with Crippen LogP contribution in [-0.2, 0) is 11.2 Å². The maximum absolute atomic E-state index is 11.7. The Morgan fingerprint density at radius 1 is 1.26 bits per heavy atom. The van der Waals surface area contributed by atoms with Gasteiger partial charge in [-0.15, -0.1) is 11.3 Å². The summed E-state index contributed by atoms with van der Waals surface area (Å²) in [5.41, 5.74) is -1.33. The van der Waals surface area contributed by atoms with E-state index in [1.807, 2.05) is 12.1 Å². The first-order chi connectivity index (χ1) is 9.05. The zero-order valence-electron chi connectivity index (χ0n) is 10.4. The Hall–Kier alpha value is -0.470. The molecule has 0 saturated heterocycles. The van der Waals surface area contributed by atoms with Crippen molar-refractivity contribution in [3.63, 3.8) is 0 Å². The van der Waals surface area contributed by atoms with Gasteiger partial charge in [-0.1, -0.05) is 0 Å². The topological polar surface area (TPSA) is 89.8 Å². The van der Waals surface area contributed by atoms with E-state index >= 15 is 0 Å². The molecular weight excluding hydrogens is 334 g/mol. The van der Waals surface area contributed by atoms with E-state index in [-0.39, 0.29) is 12.3 Å². The molecule has 0 atom stereocenters. The van der Waals surface area contributed by atoms with Crippen LogP contribution >= 0.6 is 27.3 Å². The maximum Gasteiger partial charge on any atom is 0.220 e. The van der Waals surface area contributed by atoms with Crippen molar-refractivity contribution in [3.8, 4) is 0 Å². The second-order valence-electron chi connectivity index (χ2n) is 4.36. The lowest BCUT2D eigenvalue weighted by Crippen LogP contribution is -2.57. The molecule has 0 aliphatic carbocycles.